The van der Waals surface area contributed by atoms with Crippen molar-refractivity contribution in [1.82, 2.24) is 4.90 Å². The van der Waals surface area contributed by atoms with E-state index in [1.54, 1.807) is 17.8 Å². The molecule has 20 heavy (non-hydrogen) atoms. The maximum Gasteiger partial charge on any atom is 0.255 e. The minimum atomic E-state index is 0. The highest BCUT2D eigenvalue weighted by molar-refractivity contribution is 7.99. The van der Waals surface area contributed by atoms with Gasteiger partial charge in [0.25, 0.3) is 5.91 Å². The maximum absolute atomic E-state index is 12.6. The summed E-state index contributed by atoms with van der Waals surface area (Å²) in [5.74, 6) is 1.45. The third-order valence-corrected chi connectivity index (χ3v) is 4.57. The van der Waals surface area contributed by atoms with Crippen molar-refractivity contribution in [2.24, 2.45) is 11.7 Å². The number of carbonyl (C=O) groups excluding carboxylic acids is 1. The Bertz CT molecular complexity index is 470. The zero-order valence-corrected chi connectivity index (χ0v) is 13.9. The molecule has 1 unspecified atom stereocenters. The predicted octanol–water partition coefficient (Wildman–Crippen LogP) is 3.29. The number of benzene rings is 1. The first-order chi connectivity index (χ1) is 9.15. The van der Waals surface area contributed by atoms with E-state index in [1.165, 1.54) is 0 Å². The van der Waals surface area contributed by atoms with E-state index in [-0.39, 0.29) is 18.3 Å². The summed E-state index contributed by atoms with van der Waals surface area (Å²) in [7, 11) is 0. The van der Waals surface area contributed by atoms with E-state index in [1.807, 2.05) is 17.0 Å². The van der Waals surface area contributed by atoms with Crippen molar-refractivity contribution in [1.29, 1.82) is 0 Å². The summed E-state index contributed by atoms with van der Waals surface area (Å²) in [6, 6.07) is 5.54. The minimum absolute atomic E-state index is 0. The zero-order valence-electron chi connectivity index (χ0n) is 11.5. The van der Waals surface area contributed by atoms with Crippen molar-refractivity contribution in [2.75, 3.05) is 25.4 Å². The minimum Gasteiger partial charge on any atom is -0.338 e. The van der Waals surface area contributed by atoms with Crippen molar-refractivity contribution < 1.29 is 4.79 Å². The third-order valence-electron chi connectivity index (χ3n) is 3.38. The van der Waals surface area contributed by atoms with E-state index < -0.39 is 0 Å². The second kappa shape index (κ2) is 8.13. The quantitative estimate of drug-likeness (QED) is 0.859. The molecule has 6 heteroatoms. The van der Waals surface area contributed by atoms with Crippen LogP contribution in [0.4, 0.5) is 0 Å². The van der Waals surface area contributed by atoms with Gasteiger partial charge in [0.15, 0.2) is 0 Å². The van der Waals surface area contributed by atoms with E-state index >= 15 is 0 Å². The van der Waals surface area contributed by atoms with Crippen LogP contribution >= 0.6 is 35.8 Å². The number of amides is 1. The molecule has 2 rings (SSSR count). The second-order valence-electron chi connectivity index (χ2n) is 4.72. The van der Waals surface area contributed by atoms with Gasteiger partial charge in [-0.2, -0.15) is 0 Å². The Morgan fingerprint density at radius 2 is 2.30 bits per heavy atom. The van der Waals surface area contributed by atoms with Crippen LogP contribution in [-0.4, -0.2) is 36.2 Å². The molecule has 1 saturated heterocycles. The fourth-order valence-electron chi connectivity index (χ4n) is 2.33. The Kier molecular flexibility index (Phi) is 7.17. The Morgan fingerprint density at radius 1 is 1.55 bits per heavy atom. The summed E-state index contributed by atoms with van der Waals surface area (Å²) in [4.78, 5) is 15.5. The van der Waals surface area contributed by atoms with Crippen molar-refractivity contribution in [3.8, 4) is 0 Å². The lowest BCUT2D eigenvalue weighted by atomic mass is 10.1. The molecule has 0 radical (unpaired) electrons. The van der Waals surface area contributed by atoms with Crippen molar-refractivity contribution in [3.05, 3.63) is 28.8 Å². The molecule has 1 aromatic rings. The first-order valence-electron chi connectivity index (χ1n) is 6.57. The molecule has 2 N–H and O–H groups in total. The summed E-state index contributed by atoms with van der Waals surface area (Å²) < 4.78 is 0. The molecule has 1 aliphatic heterocycles. The summed E-state index contributed by atoms with van der Waals surface area (Å²) in [5, 5.41) is 0.610. The van der Waals surface area contributed by atoms with Gasteiger partial charge in [-0.15, -0.1) is 24.2 Å². The zero-order chi connectivity index (χ0) is 13.8. The van der Waals surface area contributed by atoms with Gasteiger partial charge in [-0.25, -0.2) is 0 Å². The maximum atomic E-state index is 12.6. The number of likely N-dealkylation sites (tertiary alicyclic amines) is 1. The van der Waals surface area contributed by atoms with Crippen molar-refractivity contribution in [3.63, 3.8) is 0 Å². The molecule has 0 spiro atoms. The lowest BCUT2D eigenvalue weighted by molar-refractivity contribution is 0.0784. The SMILES string of the molecule is CCSc1ccc(Cl)cc1C(=O)N1CCC(CN)C1.Cl. The van der Waals surface area contributed by atoms with E-state index in [2.05, 4.69) is 6.92 Å². The molecule has 112 valence electrons. The van der Waals surface area contributed by atoms with Gasteiger partial charge < -0.3 is 10.6 Å². The van der Waals surface area contributed by atoms with Crippen LogP contribution in [0, 0.1) is 5.92 Å². The van der Waals surface area contributed by atoms with Gasteiger partial charge in [0.1, 0.15) is 0 Å². The highest BCUT2D eigenvalue weighted by Crippen LogP contribution is 2.28. The lowest BCUT2D eigenvalue weighted by Gasteiger charge is -2.18. The molecule has 1 atom stereocenters. The average molecular weight is 335 g/mol. The highest BCUT2D eigenvalue weighted by Gasteiger charge is 2.27. The molecule has 0 aromatic heterocycles. The number of hydrogen-bond donors (Lipinski definition) is 1. The first kappa shape index (κ1) is 17.6. The van der Waals surface area contributed by atoms with Crippen molar-refractivity contribution in [2.45, 2.75) is 18.2 Å². The van der Waals surface area contributed by atoms with Gasteiger partial charge in [-0.1, -0.05) is 18.5 Å². The largest absolute Gasteiger partial charge is 0.338 e. The number of carbonyl (C=O) groups is 1. The molecule has 1 fully saturated rings. The summed E-state index contributed by atoms with van der Waals surface area (Å²) in [6.45, 7) is 4.28. The highest BCUT2D eigenvalue weighted by atomic mass is 35.5. The van der Waals surface area contributed by atoms with Gasteiger partial charge in [0.05, 0.1) is 5.56 Å². The molecule has 0 aliphatic carbocycles. The lowest BCUT2D eigenvalue weighted by Crippen LogP contribution is -2.30. The standard InChI is InChI=1S/C14H19ClN2OS.ClH/c1-2-19-13-4-3-11(15)7-12(13)14(18)17-6-5-10(8-16)9-17;/h3-4,7,10H,2,5-6,8-9,16H2,1H3;1H. The molecule has 0 saturated carbocycles. The third kappa shape index (κ3) is 4.04. The van der Waals surface area contributed by atoms with Gasteiger partial charge in [0.2, 0.25) is 0 Å². The monoisotopic (exact) mass is 334 g/mol. The van der Waals surface area contributed by atoms with E-state index in [0.29, 0.717) is 17.5 Å². The summed E-state index contributed by atoms with van der Waals surface area (Å²) >= 11 is 7.70. The van der Waals surface area contributed by atoms with Crippen LogP contribution < -0.4 is 5.73 Å². The topological polar surface area (TPSA) is 46.3 Å². The molecular weight excluding hydrogens is 315 g/mol. The first-order valence-corrected chi connectivity index (χ1v) is 7.93. The Labute approximate surface area is 135 Å². The van der Waals surface area contributed by atoms with Gasteiger partial charge in [-0.3, -0.25) is 4.79 Å². The fraction of sp³-hybridized carbons (Fsp3) is 0.500. The number of halogens is 2. The Hall–Kier alpha value is -0.420. The predicted molar refractivity (Wildman–Crippen MR) is 88.2 cm³/mol. The van der Waals surface area contributed by atoms with Crippen LogP contribution in [0.2, 0.25) is 5.02 Å². The van der Waals surface area contributed by atoms with Crippen LogP contribution in [0.3, 0.4) is 0 Å². The van der Waals surface area contributed by atoms with Crippen molar-refractivity contribution >= 4 is 41.7 Å². The van der Waals surface area contributed by atoms with Crippen LogP contribution in [0.15, 0.2) is 23.1 Å². The number of thioether (sulfide) groups is 1. The van der Waals surface area contributed by atoms with Gasteiger partial charge in [0, 0.05) is 23.0 Å². The van der Waals surface area contributed by atoms with Crippen LogP contribution in [-0.2, 0) is 0 Å². The normalized spacial score (nSPS) is 17.9. The second-order valence-corrected chi connectivity index (χ2v) is 6.46. The molecule has 3 nitrogen and oxygen atoms in total. The van der Waals surface area contributed by atoms with Gasteiger partial charge in [-0.05, 0) is 42.8 Å². The Balaban J connectivity index is 0.00000200. The molecule has 0 bridgehead atoms. The van der Waals surface area contributed by atoms with E-state index in [9.17, 15) is 4.79 Å². The number of hydrogen-bond acceptors (Lipinski definition) is 3. The fourth-order valence-corrected chi connectivity index (χ4v) is 3.28. The molecule has 1 amide bonds. The number of rotatable bonds is 4. The average Bonchev–Trinajstić information content (AvgIpc) is 2.89. The summed E-state index contributed by atoms with van der Waals surface area (Å²) in [5.41, 5.74) is 6.39. The van der Waals surface area contributed by atoms with E-state index in [0.717, 1.165) is 35.7 Å². The van der Waals surface area contributed by atoms with Crippen LogP contribution in [0.5, 0.6) is 0 Å². The molecular formula is C14H20Cl2N2OS. The smallest absolute Gasteiger partial charge is 0.255 e. The summed E-state index contributed by atoms with van der Waals surface area (Å²) in [6.07, 6.45) is 0.999. The Morgan fingerprint density at radius 3 is 2.90 bits per heavy atom. The molecule has 1 aromatic carbocycles. The van der Waals surface area contributed by atoms with Crippen LogP contribution in [0.25, 0.3) is 0 Å². The molecule has 1 heterocycles. The number of nitrogens with zero attached hydrogens (tertiary/aromatic N) is 1. The molecule has 1 aliphatic rings. The van der Waals surface area contributed by atoms with Crippen LogP contribution in [0.1, 0.15) is 23.7 Å². The van der Waals surface area contributed by atoms with Gasteiger partial charge >= 0.3 is 0 Å². The number of nitrogens with two attached hydrogens (primary N) is 1. The van der Waals surface area contributed by atoms with E-state index in [4.69, 9.17) is 17.3 Å².